The van der Waals surface area contributed by atoms with E-state index in [0.29, 0.717) is 11.8 Å². The number of halogens is 4. The fourth-order valence-electron chi connectivity index (χ4n) is 2.15. The third-order valence-corrected chi connectivity index (χ3v) is 3.88. The number of nitrogens with one attached hydrogen (secondary N) is 1. The molecule has 0 radical (unpaired) electrons. The van der Waals surface area contributed by atoms with E-state index in [-0.39, 0.29) is 16.3 Å². The zero-order chi connectivity index (χ0) is 20.2. The maximum absolute atomic E-state index is 12.7. The van der Waals surface area contributed by atoms with E-state index in [1.54, 1.807) is 13.0 Å². The van der Waals surface area contributed by atoms with E-state index in [9.17, 15) is 22.8 Å². The average molecular weight is 402 g/mol. The van der Waals surface area contributed by atoms with Gasteiger partial charge in [-0.05, 0) is 42.8 Å². The Kier molecular flexibility index (Phi) is 6.32. The molecule has 0 saturated heterocycles. The highest BCUT2D eigenvalue weighted by molar-refractivity contribution is 6.33. The van der Waals surface area contributed by atoms with Gasteiger partial charge in [0.15, 0.2) is 6.61 Å². The fraction of sp³-hybridized carbons (Fsp3) is 0.222. The largest absolute Gasteiger partial charge is 0.496 e. The van der Waals surface area contributed by atoms with E-state index in [4.69, 9.17) is 21.1 Å². The molecule has 0 spiro atoms. The van der Waals surface area contributed by atoms with E-state index in [2.05, 4.69) is 5.32 Å². The molecule has 1 N–H and O–H groups in total. The third-order valence-electron chi connectivity index (χ3n) is 3.55. The first kappa shape index (κ1) is 20.6. The fourth-order valence-corrected chi connectivity index (χ4v) is 2.31. The van der Waals surface area contributed by atoms with E-state index < -0.39 is 30.2 Å². The van der Waals surface area contributed by atoms with Gasteiger partial charge in [-0.25, -0.2) is 4.79 Å². The minimum absolute atomic E-state index is 0.0778. The molecule has 0 aliphatic carbocycles. The summed E-state index contributed by atoms with van der Waals surface area (Å²) < 4.78 is 48.2. The second-order valence-electron chi connectivity index (χ2n) is 5.50. The monoisotopic (exact) mass is 401 g/mol. The number of ether oxygens (including phenoxy) is 2. The molecule has 0 bridgehead atoms. The molecule has 27 heavy (non-hydrogen) atoms. The van der Waals surface area contributed by atoms with Crippen molar-refractivity contribution >= 4 is 29.2 Å². The van der Waals surface area contributed by atoms with Gasteiger partial charge in [-0.3, -0.25) is 4.79 Å². The van der Waals surface area contributed by atoms with E-state index in [1.807, 2.05) is 0 Å². The molecule has 0 aromatic heterocycles. The van der Waals surface area contributed by atoms with Crippen molar-refractivity contribution < 1.29 is 32.2 Å². The van der Waals surface area contributed by atoms with Crippen LogP contribution in [0.4, 0.5) is 18.9 Å². The maximum atomic E-state index is 12.7. The quantitative estimate of drug-likeness (QED) is 0.751. The summed E-state index contributed by atoms with van der Waals surface area (Å²) in [6, 6.07) is 7.12. The molecule has 144 valence electrons. The molecule has 2 aromatic carbocycles. The molecule has 1 amide bonds. The summed E-state index contributed by atoms with van der Waals surface area (Å²) in [5, 5.41) is 2.11. The third kappa shape index (κ3) is 5.37. The summed E-state index contributed by atoms with van der Waals surface area (Å²) >= 11 is 5.79. The lowest BCUT2D eigenvalue weighted by Gasteiger charge is -2.12. The molecule has 0 fully saturated rings. The van der Waals surface area contributed by atoms with Crippen molar-refractivity contribution in [3.8, 4) is 5.75 Å². The number of rotatable bonds is 5. The molecular formula is C18H15ClF3NO4. The highest BCUT2D eigenvalue weighted by Gasteiger charge is 2.31. The Morgan fingerprint density at radius 2 is 1.85 bits per heavy atom. The lowest BCUT2D eigenvalue weighted by Crippen LogP contribution is -2.21. The van der Waals surface area contributed by atoms with Crippen molar-refractivity contribution in [2.24, 2.45) is 0 Å². The topological polar surface area (TPSA) is 64.6 Å². The normalized spacial score (nSPS) is 11.0. The lowest BCUT2D eigenvalue weighted by molar-refractivity contribution is -0.137. The number of hydrogen-bond donors (Lipinski definition) is 1. The van der Waals surface area contributed by atoms with Crippen molar-refractivity contribution in [3.63, 3.8) is 0 Å². The lowest BCUT2D eigenvalue weighted by atomic mass is 10.1. The van der Waals surface area contributed by atoms with Crippen molar-refractivity contribution in [3.05, 3.63) is 58.1 Å². The molecule has 0 aliphatic heterocycles. The van der Waals surface area contributed by atoms with Crippen LogP contribution in [0.5, 0.6) is 5.75 Å². The van der Waals surface area contributed by atoms with Gasteiger partial charge in [0.2, 0.25) is 0 Å². The standard InChI is InChI=1S/C18H15ClF3NO4/c1-10-3-4-11(7-15(10)26-2)17(25)27-9-16(24)23-14-8-12(18(20,21)22)5-6-13(14)19/h3-8H,9H2,1-2H3,(H,23,24). The molecule has 2 rings (SSSR count). The van der Waals surface area contributed by atoms with Crippen LogP contribution in [-0.2, 0) is 15.7 Å². The van der Waals surface area contributed by atoms with E-state index in [0.717, 1.165) is 17.7 Å². The van der Waals surface area contributed by atoms with Crippen LogP contribution in [0.25, 0.3) is 0 Å². The number of methoxy groups -OCH3 is 1. The van der Waals surface area contributed by atoms with Crippen LogP contribution in [0, 0.1) is 6.92 Å². The van der Waals surface area contributed by atoms with Gasteiger partial charge in [0, 0.05) is 0 Å². The van der Waals surface area contributed by atoms with Crippen LogP contribution in [0.15, 0.2) is 36.4 Å². The molecular weight excluding hydrogens is 387 g/mol. The maximum Gasteiger partial charge on any atom is 0.416 e. The van der Waals surface area contributed by atoms with E-state index in [1.165, 1.54) is 19.2 Å². The van der Waals surface area contributed by atoms with Crippen molar-refractivity contribution in [2.75, 3.05) is 19.0 Å². The number of carbonyl (C=O) groups is 2. The minimum atomic E-state index is -4.58. The summed E-state index contributed by atoms with van der Waals surface area (Å²) in [5.74, 6) is -1.13. The Hall–Kier alpha value is -2.74. The molecule has 0 aliphatic rings. The molecule has 0 atom stereocenters. The highest BCUT2D eigenvalue weighted by Crippen LogP contribution is 2.33. The van der Waals surface area contributed by atoms with Crippen molar-refractivity contribution in [1.82, 2.24) is 0 Å². The molecule has 0 saturated carbocycles. The van der Waals surface area contributed by atoms with Gasteiger partial charge in [-0.2, -0.15) is 13.2 Å². The summed E-state index contributed by atoms with van der Waals surface area (Å²) in [5.41, 5.74) is -0.219. The van der Waals surface area contributed by atoms with Crippen molar-refractivity contribution in [1.29, 1.82) is 0 Å². The zero-order valence-corrected chi connectivity index (χ0v) is 15.1. The first-order valence-corrected chi connectivity index (χ1v) is 7.98. The highest BCUT2D eigenvalue weighted by atomic mass is 35.5. The predicted molar refractivity (Wildman–Crippen MR) is 93.1 cm³/mol. The predicted octanol–water partition coefficient (Wildman–Crippen LogP) is 4.47. The Labute approximate surface area is 158 Å². The Morgan fingerprint density at radius 3 is 2.48 bits per heavy atom. The number of hydrogen-bond acceptors (Lipinski definition) is 4. The number of amides is 1. The number of alkyl halides is 3. The van der Waals surface area contributed by atoms with Gasteiger partial charge in [-0.15, -0.1) is 0 Å². The molecule has 2 aromatic rings. The number of benzene rings is 2. The van der Waals surface area contributed by atoms with Crippen LogP contribution in [0.3, 0.4) is 0 Å². The number of anilines is 1. The van der Waals surface area contributed by atoms with Gasteiger partial charge in [0.25, 0.3) is 5.91 Å². The molecule has 9 heteroatoms. The summed E-state index contributed by atoms with van der Waals surface area (Å²) in [6.07, 6.45) is -4.58. The Bertz CT molecular complexity index is 868. The van der Waals surface area contributed by atoms with Gasteiger partial charge >= 0.3 is 12.1 Å². The molecule has 0 heterocycles. The number of carbonyl (C=O) groups excluding carboxylic acids is 2. The van der Waals surface area contributed by atoms with Crippen LogP contribution in [0.2, 0.25) is 5.02 Å². The van der Waals surface area contributed by atoms with Gasteiger partial charge in [0.05, 0.1) is 28.9 Å². The molecule has 5 nitrogen and oxygen atoms in total. The van der Waals surface area contributed by atoms with Crippen LogP contribution < -0.4 is 10.1 Å². The van der Waals surface area contributed by atoms with E-state index >= 15 is 0 Å². The van der Waals surface area contributed by atoms with Gasteiger partial charge < -0.3 is 14.8 Å². The Balaban J connectivity index is 2.01. The SMILES string of the molecule is COc1cc(C(=O)OCC(=O)Nc2cc(C(F)(F)F)ccc2Cl)ccc1C. The smallest absolute Gasteiger partial charge is 0.416 e. The first-order valence-electron chi connectivity index (χ1n) is 7.60. The molecule has 0 unspecified atom stereocenters. The van der Waals surface area contributed by atoms with Gasteiger partial charge in [0.1, 0.15) is 5.75 Å². The van der Waals surface area contributed by atoms with Gasteiger partial charge in [-0.1, -0.05) is 17.7 Å². The number of esters is 1. The average Bonchev–Trinajstić information content (AvgIpc) is 2.61. The number of aryl methyl sites for hydroxylation is 1. The summed E-state index contributed by atoms with van der Waals surface area (Å²) in [7, 11) is 1.45. The first-order chi connectivity index (χ1) is 12.6. The minimum Gasteiger partial charge on any atom is -0.496 e. The summed E-state index contributed by atoms with van der Waals surface area (Å²) in [4.78, 5) is 23.9. The van der Waals surface area contributed by atoms with Crippen LogP contribution in [-0.4, -0.2) is 25.6 Å². The van der Waals surface area contributed by atoms with Crippen LogP contribution >= 0.6 is 11.6 Å². The summed E-state index contributed by atoms with van der Waals surface area (Å²) in [6.45, 7) is 1.10. The Morgan fingerprint density at radius 1 is 1.15 bits per heavy atom. The van der Waals surface area contributed by atoms with Crippen LogP contribution in [0.1, 0.15) is 21.5 Å². The zero-order valence-electron chi connectivity index (χ0n) is 14.3. The second-order valence-corrected chi connectivity index (χ2v) is 5.91. The van der Waals surface area contributed by atoms with Crippen molar-refractivity contribution in [2.45, 2.75) is 13.1 Å². The second kappa shape index (κ2) is 8.30.